The Bertz CT molecular complexity index is 589. The Morgan fingerprint density at radius 2 is 2.18 bits per heavy atom. The van der Waals surface area contributed by atoms with Gasteiger partial charge in [-0.25, -0.2) is 9.78 Å². The van der Waals surface area contributed by atoms with Crippen LogP contribution in [0.15, 0.2) is 18.3 Å². The van der Waals surface area contributed by atoms with Gasteiger partial charge in [-0.15, -0.1) is 0 Å². The van der Waals surface area contributed by atoms with Gasteiger partial charge in [0.15, 0.2) is 0 Å². The molecule has 0 radical (unpaired) electrons. The molecule has 6 heteroatoms. The summed E-state index contributed by atoms with van der Waals surface area (Å²) < 4.78 is 5.41. The molecular formula is C16H22N4O2. The minimum absolute atomic E-state index is 0.0725. The van der Waals surface area contributed by atoms with Crippen molar-refractivity contribution in [3.05, 3.63) is 23.9 Å². The predicted molar refractivity (Wildman–Crippen MR) is 83.6 cm³/mol. The summed E-state index contributed by atoms with van der Waals surface area (Å²) in [4.78, 5) is 20.2. The summed E-state index contributed by atoms with van der Waals surface area (Å²) in [6.07, 6.45) is 1.39. The van der Waals surface area contributed by atoms with E-state index in [1.54, 1.807) is 23.2 Å². The third-order valence-electron chi connectivity index (χ3n) is 3.46. The number of rotatable bonds is 1. The number of piperazine rings is 1. The number of hydrogen-bond acceptors (Lipinski definition) is 5. The zero-order chi connectivity index (χ0) is 16.3. The summed E-state index contributed by atoms with van der Waals surface area (Å²) in [7, 11) is 0. The summed E-state index contributed by atoms with van der Waals surface area (Å²) in [6, 6.07) is 5.75. The lowest BCUT2D eigenvalue weighted by Gasteiger charge is -2.41. The van der Waals surface area contributed by atoms with Gasteiger partial charge in [0.25, 0.3) is 0 Å². The topological polar surface area (TPSA) is 69.5 Å². The van der Waals surface area contributed by atoms with E-state index in [-0.39, 0.29) is 12.1 Å². The minimum Gasteiger partial charge on any atom is -0.444 e. The van der Waals surface area contributed by atoms with Crippen molar-refractivity contribution >= 4 is 11.9 Å². The molecule has 1 aromatic rings. The van der Waals surface area contributed by atoms with Crippen LogP contribution in [0.4, 0.5) is 10.6 Å². The highest BCUT2D eigenvalue weighted by atomic mass is 16.6. The maximum Gasteiger partial charge on any atom is 0.410 e. The van der Waals surface area contributed by atoms with Crippen LogP contribution in [0.2, 0.25) is 0 Å². The Hall–Kier alpha value is -2.29. The highest BCUT2D eigenvalue weighted by Crippen LogP contribution is 2.22. The van der Waals surface area contributed by atoms with Gasteiger partial charge in [-0.3, -0.25) is 0 Å². The van der Waals surface area contributed by atoms with E-state index in [0.717, 1.165) is 0 Å². The lowest BCUT2D eigenvalue weighted by molar-refractivity contribution is 0.0218. The number of nitrogens with zero attached hydrogens (tertiary/aromatic N) is 4. The van der Waals surface area contributed by atoms with E-state index in [1.165, 1.54) is 0 Å². The van der Waals surface area contributed by atoms with Gasteiger partial charge in [-0.2, -0.15) is 5.26 Å². The highest BCUT2D eigenvalue weighted by molar-refractivity contribution is 5.69. The smallest absolute Gasteiger partial charge is 0.410 e. The molecule has 1 fully saturated rings. The van der Waals surface area contributed by atoms with Crippen LogP contribution in [0, 0.1) is 11.3 Å². The van der Waals surface area contributed by atoms with Crippen molar-refractivity contribution < 1.29 is 9.53 Å². The molecule has 1 amide bonds. The van der Waals surface area contributed by atoms with Crippen LogP contribution in [0.5, 0.6) is 0 Å². The van der Waals surface area contributed by atoms with Crippen molar-refractivity contribution in [2.24, 2.45) is 0 Å². The number of carbonyl (C=O) groups is 1. The monoisotopic (exact) mass is 302 g/mol. The molecule has 0 aromatic carbocycles. The van der Waals surface area contributed by atoms with E-state index in [2.05, 4.69) is 16.0 Å². The van der Waals surface area contributed by atoms with E-state index in [1.807, 2.05) is 27.7 Å². The lowest BCUT2D eigenvalue weighted by Crippen LogP contribution is -2.55. The normalized spacial score (nSPS) is 18.8. The number of aromatic nitrogens is 1. The number of ether oxygens (including phenoxy) is 1. The molecule has 2 heterocycles. The zero-order valence-electron chi connectivity index (χ0n) is 13.5. The molecule has 0 bridgehead atoms. The summed E-state index contributed by atoms with van der Waals surface area (Å²) in [6.45, 7) is 9.34. The molecule has 0 aliphatic carbocycles. The Labute approximate surface area is 131 Å². The van der Waals surface area contributed by atoms with Gasteiger partial charge in [-0.05, 0) is 39.8 Å². The molecule has 2 rings (SSSR count). The molecule has 0 saturated carbocycles. The van der Waals surface area contributed by atoms with E-state index >= 15 is 0 Å². The molecule has 0 N–H and O–H groups in total. The molecule has 0 spiro atoms. The summed E-state index contributed by atoms with van der Waals surface area (Å²) in [5.41, 5.74) is 0.0620. The lowest BCUT2D eigenvalue weighted by atomic mass is 10.1. The number of pyridine rings is 1. The molecule has 1 aromatic heterocycles. The second-order valence-corrected chi connectivity index (χ2v) is 6.46. The van der Waals surface area contributed by atoms with Crippen LogP contribution in [0.25, 0.3) is 0 Å². The van der Waals surface area contributed by atoms with E-state index in [9.17, 15) is 10.1 Å². The fourth-order valence-corrected chi connectivity index (χ4v) is 2.48. The van der Waals surface area contributed by atoms with E-state index in [4.69, 9.17) is 4.74 Å². The van der Waals surface area contributed by atoms with Gasteiger partial charge in [-0.1, -0.05) is 0 Å². The maximum absolute atomic E-state index is 12.1. The second kappa shape index (κ2) is 6.22. The first-order valence-corrected chi connectivity index (χ1v) is 7.41. The van der Waals surface area contributed by atoms with Gasteiger partial charge in [0.05, 0.1) is 5.56 Å². The van der Waals surface area contributed by atoms with E-state index < -0.39 is 5.60 Å². The van der Waals surface area contributed by atoms with Gasteiger partial charge in [0, 0.05) is 31.9 Å². The molecule has 22 heavy (non-hydrogen) atoms. The quantitative estimate of drug-likeness (QED) is 0.796. The fourth-order valence-electron chi connectivity index (χ4n) is 2.48. The van der Waals surface area contributed by atoms with Crippen LogP contribution < -0.4 is 4.90 Å². The second-order valence-electron chi connectivity index (χ2n) is 6.46. The maximum atomic E-state index is 12.1. The van der Waals surface area contributed by atoms with Crippen molar-refractivity contribution in [2.45, 2.75) is 39.3 Å². The van der Waals surface area contributed by atoms with Crippen LogP contribution in [-0.2, 0) is 4.74 Å². The highest BCUT2D eigenvalue weighted by Gasteiger charge is 2.31. The van der Waals surface area contributed by atoms with Crippen LogP contribution in [0.3, 0.4) is 0 Å². The van der Waals surface area contributed by atoms with Crippen LogP contribution in [-0.4, -0.2) is 47.3 Å². The van der Waals surface area contributed by atoms with Gasteiger partial charge in [0.2, 0.25) is 0 Å². The third kappa shape index (κ3) is 3.67. The molecule has 1 saturated heterocycles. The van der Waals surface area contributed by atoms with Crippen LogP contribution in [0.1, 0.15) is 33.3 Å². The summed E-state index contributed by atoms with van der Waals surface area (Å²) in [5.74, 6) is 0.682. The fraction of sp³-hybridized carbons (Fsp3) is 0.562. The Kier molecular flexibility index (Phi) is 4.55. The van der Waals surface area contributed by atoms with Crippen molar-refractivity contribution in [3.63, 3.8) is 0 Å². The Balaban J connectivity index is 2.08. The average molecular weight is 302 g/mol. The van der Waals surface area contributed by atoms with Crippen molar-refractivity contribution in [2.75, 3.05) is 24.5 Å². The number of carbonyl (C=O) groups excluding carboxylic acids is 1. The summed E-state index contributed by atoms with van der Waals surface area (Å²) in [5, 5.41) is 9.20. The van der Waals surface area contributed by atoms with Crippen LogP contribution >= 0.6 is 0 Å². The Morgan fingerprint density at radius 3 is 2.77 bits per heavy atom. The number of hydrogen-bond donors (Lipinski definition) is 0. The van der Waals surface area contributed by atoms with E-state index in [0.29, 0.717) is 31.0 Å². The third-order valence-corrected chi connectivity index (χ3v) is 3.46. The summed E-state index contributed by atoms with van der Waals surface area (Å²) >= 11 is 0. The molecular weight excluding hydrogens is 280 g/mol. The molecule has 6 nitrogen and oxygen atoms in total. The van der Waals surface area contributed by atoms with Crippen molar-refractivity contribution in [3.8, 4) is 6.07 Å². The largest absolute Gasteiger partial charge is 0.444 e. The molecule has 1 atom stereocenters. The molecule has 0 unspecified atom stereocenters. The molecule has 118 valence electrons. The first-order chi connectivity index (χ1) is 10.3. The minimum atomic E-state index is -0.494. The number of nitriles is 1. The Morgan fingerprint density at radius 1 is 1.45 bits per heavy atom. The van der Waals surface area contributed by atoms with Crippen molar-refractivity contribution in [1.82, 2.24) is 9.88 Å². The first kappa shape index (κ1) is 16.1. The predicted octanol–water partition coefficient (Wildman–Crippen LogP) is 2.40. The van der Waals surface area contributed by atoms with Gasteiger partial charge < -0.3 is 14.5 Å². The zero-order valence-corrected chi connectivity index (χ0v) is 13.5. The van der Waals surface area contributed by atoms with Gasteiger partial charge >= 0.3 is 6.09 Å². The molecule has 1 aliphatic rings. The average Bonchev–Trinajstić information content (AvgIpc) is 2.45. The standard InChI is InChI=1S/C16H22N4O2/c1-12-11-19(15(21)22-16(2,3)4)8-9-20(12)14-13(10-17)6-5-7-18-14/h5-7,12H,8-9,11H2,1-4H3/t12-/m0/s1. The SMILES string of the molecule is C[C@H]1CN(C(=O)OC(C)(C)C)CCN1c1ncccc1C#N. The van der Waals surface area contributed by atoms with Gasteiger partial charge in [0.1, 0.15) is 17.5 Å². The number of amides is 1. The van der Waals surface area contributed by atoms with Crippen molar-refractivity contribution in [1.29, 1.82) is 5.26 Å². The first-order valence-electron chi connectivity index (χ1n) is 7.41. The number of anilines is 1. The molecule has 1 aliphatic heterocycles.